The molecule has 1 heterocycles. The standard InChI is InChI=1S/C23H22N2O3/c1-15-13-20(14-24-21-9-5-18(6-10-21)17(3)26)16(2)25(15)22-11-7-19(8-12-22)23(27)28-4/h5-14H,1-4H3. The van der Waals surface area contributed by atoms with Crippen molar-refractivity contribution in [1.29, 1.82) is 0 Å². The van der Waals surface area contributed by atoms with E-state index in [0.29, 0.717) is 11.1 Å². The fourth-order valence-electron chi connectivity index (χ4n) is 3.11. The number of benzene rings is 2. The molecule has 2 aromatic carbocycles. The van der Waals surface area contributed by atoms with Crippen LogP contribution in [-0.4, -0.2) is 29.6 Å². The van der Waals surface area contributed by atoms with Gasteiger partial charge in [-0.3, -0.25) is 9.79 Å². The van der Waals surface area contributed by atoms with Gasteiger partial charge in [0.15, 0.2) is 5.78 Å². The second kappa shape index (κ2) is 8.05. The molecule has 0 saturated heterocycles. The molecule has 0 aliphatic carbocycles. The minimum absolute atomic E-state index is 0.0392. The normalized spacial score (nSPS) is 11.0. The Labute approximate surface area is 164 Å². The van der Waals surface area contributed by atoms with E-state index in [0.717, 1.165) is 28.3 Å². The minimum atomic E-state index is -0.351. The van der Waals surface area contributed by atoms with Gasteiger partial charge in [0, 0.05) is 34.4 Å². The zero-order valence-corrected chi connectivity index (χ0v) is 16.4. The molecule has 0 aliphatic rings. The number of aromatic nitrogens is 1. The van der Waals surface area contributed by atoms with E-state index in [2.05, 4.69) is 15.6 Å². The maximum absolute atomic E-state index is 11.6. The van der Waals surface area contributed by atoms with Crippen molar-refractivity contribution in [3.63, 3.8) is 0 Å². The summed E-state index contributed by atoms with van der Waals surface area (Å²) in [4.78, 5) is 27.5. The van der Waals surface area contributed by atoms with Gasteiger partial charge in [-0.25, -0.2) is 4.79 Å². The first kappa shape index (κ1) is 19.3. The van der Waals surface area contributed by atoms with Gasteiger partial charge < -0.3 is 9.30 Å². The first-order valence-corrected chi connectivity index (χ1v) is 8.93. The van der Waals surface area contributed by atoms with Crippen molar-refractivity contribution in [3.05, 3.63) is 82.7 Å². The predicted molar refractivity (Wildman–Crippen MR) is 110 cm³/mol. The summed E-state index contributed by atoms with van der Waals surface area (Å²) in [5, 5.41) is 0. The van der Waals surface area contributed by atoms with E-state index < -0.39 is 0 Å². The largest absolute Gasteiger partial charge is 0.465 e. The van der Waals surface area contributed by atoms with Gasteiger partial charge in [-0.05, 0) is 75.4 Å². The summed E-state index contributed by atoms with van der Waals surface area (Å²) in [5.74, 6) is -0.312. The molecule has 0 saturated carbocycles. The van der Waals surface area contributed by atoms with E-state index in [1.54, 1.807) is 31.2 Å². The Morgan fingerprint density at radius 3 is 2.14 bits per heavy atom. The first-order valence-electron chi connectivity index (χ1n) is 8.93. The van der Waals surface area contributed by atoms with Crippen molar-refractivity contribution < 1.29 is 14.3 Å². The molecule has 0 unspecified atom stereocenters. The molecule has 3 aromatic rings. The smallest absolute Gasteiger partial charge is 0.337 e. The number of carbonyl (C=O) groups excluding carboxylic acids is 2. The molecule has 0 aliphatic heterocycles. The van der Waals surface area contributed by atoms with Crippen LogP contribution in [-0.2, 0) is 4.74 Å². The summed E-state index contributed by atoms with van der Waals surface area (Å²) in [6.45, 7) is 5.60. The van der Waals surface area contributed by atoms with Crippen molar-refractivity contribution >= 4 is 23.7 Å². The molecule has 0 bridgehead atoms. The second-order valence-corrected chi connectivity index (χ2v) is 6.56. The molecule has 28 heavy (non-hydrogen) atoms. The number of ketones is 1. The topological polar surface area (TPSA) is 60.7 Å². The molecule has 5 nitrogen and oxygen atoms in total. The highest BCUT2D eigenvalue weighted by atomic mass is 16.5. The lowest BCUT2D eigenvalue weighted by Crippen LogP contribution is -2.03. The van der Waals surface area contributed by atoms with Crippen LogP contribution < -0.4 is 0 Å². The van der Waals surface area contributed by atoms with Gasteiger partial charge >= 0.3 is 5.97 Å². The predicted octanol–water partition coefficient (Wildman–Crippen LogP) is 4.83. The third-order valence-electron chi connectivity index (χ3n) is 4.64. The van der Waals surface area contributed by atoms with Crippen LogP contribution in [0.2, 0.25) is 0 Å². The summed E-state index contributed by atoms with van der Waals surface area (Å²) in [7, 11) is 1.37. The molecule has 0 fully saturated rings. The molecule has 1 aromatic heterocycles. The van der Waals surface area contributed by atoms with Gasteiger partial charge in [0.25, 0.3) is 0 Å². The second-order valence-electron chi connectivity index (χ2n) is 6.56. The van der Waals surface area contributed by atoms with Crippen LogP contribution in [0.4, 0.5) is 5.69 Å². The Morgan fingerprint density at radius 2 is 1.57 bits per heavy atom. The Balaban J connectivity index is 1.87. The number of methoxy groups -OCH3 is 1. The maximum atomic E-state index is 11.6. The highest BCUT2D eigenvalue weighted by Crippen LogP contribution is 2.21. The Bertz CT molecular complexity index is 1040. The van der Waals surface area contributed by atoms with E-state index in [-0.39, 0.29) is 11.8 Å². The summed E-state index contributed by atoms with van der Waals surface area (Å²) >= 11 is 0. The molecular formula is C23H22N2O3. The van der Waals surface area contributed by atoms with Gasteiger partial charge in [-0.15, -0.1) is 0 Å². The molecule has 0 amide bonds. The molecule has 5 heteroatoms. The number of esters is 1. The fraction of sp³-hybridized carbons (Fsp3) is 0.174. The number of aliphatic imine (C=N–C) groups is 1. The van der Waals surface area contributed by atoms with Crippen LogP contribution in [0.1, 0.15) is 44.6 Å². The molecule has 0 N–H and O–H groups in total. The third kappa shape index (κ3) is 3.93. The van der Waals surface area contributed by atoms with E-state index in [1.165, 1.54) is 7.11 Å². The van der Waals surface area contributed by atoms with Gasteiger partial charge in [-0.1, -0.05) is 0 Å². The number of nitrogens with zero attached hydrogens (tertiary/aromatic N) is 2. The van der Waals surface area contributed by atoms with E-state index >= 15 is 0 Å². The molecule has 0 atom stereocenters. The van der Waals surface area contributed by atoms with Crippen LogP contribution >= 0.6 is 0 Å². The van der Waals surface area contributed by atoms with Crippen LogP contribution in [0.15, 0.2) is 59.6 Å². The maximum Gasteiger partial charge on any atom is 0.337 e. The van der Waals surface area contributed by atoms with Crippen LogP contribution in [0.25, 0.3) is 5.69 Å². The number of aryl methyl sites for hydroxylation is 1. The lowest BCUT2D eigenvalue weighted by Gasteiger charge is -2.10. The summed E-state index contributed by atoms with van der Waals surface area (Å²) in [6.07, 6.45) is 1.82. The van der Waals surface area contributed by atoms with Gasteiger partial charge in [0.1, 0.15) is 0 Å². The third-order valence-corrected chi connectivity index (χ3v) is 4.64. The zero-order chi connectivity index (χ0) is 20.3. The molecule has 0 radical (unpaired) electrons. The Morgan fingerprint density at radius 1 is 0.964 bits per heavy atom. The van der Waals surface area contributed by atoms with Gasteiger partial charge in [0.05, 0.1) is 18.4 Å². The number of hydrogen-bond acceptors (Lipinski definition) is 4. The van der Waals surface area contributed by atoms with E-state index in [1.807, 2.05) is 44.3 Å². The SMILES string of the molecule is COC(=O)c1ccc(-n2c(C)cc(C=Nc3ccc(C(C)=O)cc3)c2C)cc1. The molecular weight excluding hydrogens is 352 g/mol. The number of rotatable bonds is 5. The summed E-state index contributed by atoms with van der Waals surface area (Å²) in [6, 6.07) is 16.6. The number of hydrogen-bond donors (Lipinski definition) is 0. The molecule has 0 spiro atoms. The zero-order valence-electron chi connectivity index (χ0n) is 16.4. The van der Waals surface area contributed by atoms with E-state index in [9.17, 15) is 9.59 Å². The summed E-state index contributed by atoms with van der Waals surface area (Å²) < 4.78 is 6.86. The lowest BCUT2D eigenvalue weighted by atomic mass is 10.1. The number of ether oxygens (including phenoxy) is 1. The monoisotopic (exact) mass is 374 g/mol. The Kier molecular flexibility index (Phi) is 5.54. The van der Waals surface area contributed by atoms with Crippen molar-refractivity contribution in [3.8, 4) is 5.69 Å². The lowest BCUT2D eigenvalue weighted by molar-refractivity contribution is 0.0600. The average molecular weight is 374 g/mol. The number of Topliss-reactive ketones (excluding diaryl/α,β-unsaturated/α-hetero) is 1. The van der Waals surface area contributed by atoms with Gasteiger partial charge in [-0.2, -0.15) is 0 Å². The summed E-state index contributed by atoms with van der Waals surface area (Å²) in [5.41, 5.74) is 6.07. The van der Waals surface area contributed by atoms with Crippen LogP contribution in [0.5, 0.6) is 0 Å². The number of carbonyl (C=O) groups is 2. The van der Waals surface area contributed by atoms with Crippen molar-refractivity contribution in [2.24, 2.45) is 4.99 Å². The highest BCUT2D eigenvalue weighted by molar-refractivity contribution is 5.94. The Hall–Kier alpha value is -3.47. The van der Waals surface area contributed by atoms with Crippen LogP contribution in [0.3, 0.4) is 0 Å². The highest BCUT2D eigenvalue weighted by Gasteiger charge is 2.11. The molecule has 142 valence electrons. The quantitative estimate of drug-likeness (QED) is 0.365. The molecule has 3 rings (SSSR count). The van der Waals surface area contributed by atoms with E-state index in [4.69, 9.17) is 4.74 Å². The van der Waals surface area contributed by atoms with Crippen molar-refractivity contribution in [2.75, 3.05) is 7.11 Å². The van der Waals surface area contributed by atoms with Gasteiger partial charge in [0.2, 0.25) is 0 Å². The first-order chi connectivity index (χ1) is 13.4. The fourth-order valence-corrected chi connectivity index (χ4v) is 3.11. The van der Waals surface area contributed by atoms with Crippen LogP contribution in [0, 0.1) is 13.8 Å². The average Bonchev–Trinajstić information content (AvgIpc) is 2.99. The van der Waals surface area contributed by atoms with Crippen molar-refractivity contribution in [2.45, 2.75) is 20.8 Å². The van der Waals surface area contributed by atoms with Crippen molar-refractivity contribution in [1.82, 2.24) is 4.57 Å². The minimum Gasteiger partial charge on any atom is -0.465 e.